The van der Waals surface area contributed by atoms with Gasteiger partial charge in [0.05, 0.1) is 6.20 Å². The fraction of sp³-hybridized carbons (Fsp3) is 0.625. The summed E-state index contributed by atoms with van der Waals surface area (Å²) in [6, 6.07) is 0. The molecule has 0 fully saturated rings. The maximum Gasteiger partial charge on any atom is 0.135 e. The first kappa shape index (κ1) is 10.5. The normalized spacial score (nSPS) is 10.7. The van der Waals surface area contributed by atoms with Crippen LogP contribution < -0.4 is 5.73 Å². The van der Waals surface area contributed by atoms with Crippen molar-refractivity contribution < 1.29 is 4.74 Å². The number of ether oxygens (including phenoxy) is 1. The van der Waals surface area contributed by atoms with E-state index in [0.29, 0.717) is 24.9 Å². The van der Waals surface area contributed by atoms with Gasteiger partial charge in [0.15, 0.2) is 0 Å². The van der Waals surface area contributed by atoms with Crippen LogP contribution in [0.1, 0.15) is 12.2 Å². The van der Waals surface area contributed by atoms with Crippen LogP contribution in [0.25, 0.3) is 0 Å². The Morgan fingerprint density at radius 2 is 2.46 bits per heavy atom. The van der Waals surface area contributed by atoms with E-state index in [1.54, 1.807) is 10.8 Å². The lowest BCUT2D eigenvalue weighted by molar-refractivity contribution is 0.113. The van der Waals surface area contributed by atoms with Crippen LogP contribution in [-0.4, -0.2) is 22.7 Å². The summed E-state index contributed by atoms with van der Waals surface area (Å²) >= 11 is 5.79. The van der Waals surface area contributed by atoms with Gasteiger partial charge in [-0.3, -0.25) is 0 Å². The summed E-state index contributed by atoms with van der Waals surface area (Å²) in [4.78, 5) is 4.09. The molecule has 0 aromatic carbocycles. The topological polar surface area (TPSA) is 53.1 Å². The molecule has 0 saturated heterocycles. The zero-order valence-electron chi connectivity index (χ0n) is 7.66. The van der Waals surface area contributed by atoms with Crippen LogP contribution in [-0.2, 0) is 18.4 Å². The Morgan fingerprint density at radius 3 is 3.00 bits per heavy atom. The number of rotatable bonds is 5. The minimum Gasteiger partial charge on any atom is -0.373 e. The average Bonchev–Trinajstić information content (AvgIpc) is 2.43. The van der Waals surface area contributed by atoms with Crippen molar-refractivity contribution in [1.29, 1.82) is 0 Å². The third-order valence-corrected chi connectivity index (χ3v) is 2.10. The second-order valence-electron chi connectivity index (χ2n) is 2.75. The molecule has 13 heavy (non-hydrogen) atoms. The molecule has 0 spiro atoms. The molecule has 0 amide bonds. The van der Waals surface area contributed by atoms with E-state index in [1.165, 1.54) is 0 Å². The van der Waals surface area contributed by atoms with Crippen LogP contribution in [0, 0.1) is 0 Å². The lowest BCUT2D eigenvalue weighted by Gasteiger charge is -2.03. The predicted molar refractivity (Wildman–Crippen MR) is 51.5 cm³/mol. The standard InChI is InChI=1S/C8H14ClN3O/c1-12-7(9)5-11-8(12)6-13-4-2-3-10/h5H,2-4,6,10H2,1H3. The third-order valence-electron chi connectivity index (χ3n) is 1.75. The molecule has 5 heteroatoms. The zero-order chi connectivity index (χ0) is 9.68. The molecular weight excluding hydrogens is 190 g/mol. The number of nitrogens with two attached hydrogens (primary N) is 1. The second kappa shape index (κ2) is 5.21. The number of imidazole rings is 1. The van der Waals surface area contributed by atoms with Gasteiger partial charge < -0.3 is 15.0 Å². The van der Waals surface area contributed by atoms with Crippen LogP contribution in [0.3, 0.4) is 0 Å². The third kappa shape index (κ3) is 2.99. The van der Waals surface area contributed by atoms with Gasteiger partial charge in [-0.1, -0.05) is 11.6 Å². The molecule has 0 aliphatic rings. The van der Waals surface area contributed by atoms with E-state index in [0.717, 1.165) is 12.2 Å². The smallest absolute Gasteiger partial charge is 0.135 e. The summed E-state index contributed by atoms with van der Waals surface area (Å²) in [5, 5.41) is 0.623. The minimum absolute atomic E-state index is 0.489. The summed E-state index contributed by atoms with van der Waals surface area (Å²) < 4.78 is 7.13. The molecule has 2 N–H and O–H groups in total. The van der Waals surface area contributed by atoms with Crippen molar-refractivity contribution in [3.05, 3.63) is 17.2 Å². The number of aromatic nitrogens is 2. The molecule has 1 aromatic heterocycles. The summed E-state index contributed by atoms with van der Waals surface area (Å²) in [7, 11) is 1.86. The lowest BCUT2D eigenvalue weighted by Crippen LogP contribution is -2.06. The number of nitrogens with zero attached hydrogens (tertiary/aromatic N) is 2. The van der Waals surface area contributed by atoms with Gasteiger partial charge in [0, 0.05) is 13.7 Å². The Kier molecular flexibility index (Phi) is 4.21. The lowest BCUT2D eigenvalue weighted by atomic mass is 10.5. The molecule has 1 heterocycles. The van der Waals surface area contributed by atoms with Crippen LogP contribution in [0.2, 0.25) is 5.15 Å². The maximum atomic E-state index is 5.79. The van der Waals surface area contributed by atoms with Crippen molar-refractivity contribution in [2.24, 2.45) is 12.8 Å². The molecule has 74 valence electrons. The minimum atomic E-state index is 0.489. The monoisotopic (exact) mass is 203 g/mol. The predicted octanol–water partition coefficient (Wildman–Crippen LogP) is 0.939. The van der Waals surface area contributed by atoms with Crippen LogP contribution in [0.5, 0.6) is 0 Å². The van der Waals surface area contributed by atoms with Crippen molar-refractivity contribution in [1.82, 2.24) is 9.55 Å². The molecule has 0 aliphatic heterocycles. The van der Waals surface area contributed by atoms with Crippen LogP contribution in [0.4, 0.5) is 0 Å². The fourth-order valence-corrected chi connectivity index (χ4v) is 1.05. The van der Waals surface area contributed by atoms with Crippen molar-refractivity contribution >= 4 is 11.6 Å². The molecule has 1 aromatic rings. The molecule has 0 bridgehead atoms. The SMILES string of the molecule is Cn1c(Cl)cnc1COCCCN. The number of hydrogen-bond acceptors (Lipinski definition) is 3. The van der Waals surface area contributed by atoms with Crippen molar-refractivity contribution in [2.45, 2.75) is 13.0 Å². The largest absolute Gasteiger partial charge is 0.373 e. The fourth-order valence-electron chi connectivity index (χ4n) is 0.907. The molecule has 0 radical (unpaired) electrons. The second-order valence-corrected chi connectivity index (χ2v) is 3.14. The maximum absolute atomic E-state index is 5.79. The Bertz CT molecular complexity index is 262. The molecule has 0 unspecified atom stereocenters. The van der Waals surface area contributed by atoms with E-state index in [9.17, 15) is 0 Å². The van der Waals surface area contributed by atoms with Crippen molar-refractivity contribution in [2.75, 3.05) is 13.2 Å². The van der Waals surface area contributed by atoms with E-state index in [-0.39, 0.29) is 0 Å². The molecule has 0 aliphatic carbocycles. The van der Waals surface area contributed by atoms with Gasteiger partial charge >= 0.3 is 0 Å². The van der Waals surface area contributed by atoms with Gasteiger partial charge in [-0.2, -0.15) is 0 Å². The molecular formula is C8H14ClN3O. The summed E-state index contributed by atoms with van der Waals surface area (Å²) in [5.41, 5.74) is 5.32. The summed E-state index contributed by atoms with van der Waals surface area (Å²) in [5.74, 6) is 0.835. The number of halogens is 1. The highest BCUT2D eigenvalue weighted by Gasteiger charge is 2.03. The van der Waals surface area contributed by atoms with Gasteiger partial charge in [-0.15, -0.1) is 0 Å². The first-order valence-corrected chi connectivity index (χ1v) is 4.57. The Labute approximate surface area is 82.7 Å². The van der Waals surface area contributed by atoms with Crippen LogP contribution in [0.15, 0.2) is 6.20 Å². The van der Waals surface area contributed by atoms with Crippen molar-refractivity contribution in [3.8, 4) is 0 Å². The molecule has 4 nitrogen and oxygen atoms in total. The highest BCUT2D eigenvalue weighted by molar-refractivity contribution is 6.29. The highest BCUT2D eigenvalue weighted by Crippen LogP contribution is 2.09. The molecule has 1 rings (SSSR count). The van der Waals surface area contributed by atoms with Crippen LogP contribution >= 0.6 is 11.6 Å². The van der Waals surface area contributed by atoms with E-state index < -0.39 is 0 Å². The zero-order valence-corrected chi connectivity index (χ0v) is 8.42. The van der Waals surface area contributed by atoms with Gasteiger partial charge in [0.25, 0.3) is 0 Å². The van der Waals surface area contributed by atoms with Gasteiger partial charge in [-0.05, 0) is 13.0 Å². The summed E-state index contributed by atoms with van der Waals surface area (Å²) in [6.45, 7) is 1.81. The Hall–Kier alpha value is -0.580. The molecule has 0 atom stereocenters. The average molecular weight is 204 g/mol. The molecule has 0 saturated carbocycles. The first-order valence-electron chi connectivity index (χ1n) is 4.19. The van der Waals surface area contributed by atoms with Gasteiger partial charge in [-0.25, -0.2) is 4.98 Å². The highest BCUT2D eigenvalue weighted by atomic mass is 35.5. The number of hydrogen-bond donors (Lipinski definition) is 1. The van der Waals surface area contributed by atoms with E-state index in [2.05, 4.69) is 4.98 Å². The quantitative estimate of drug-likeness (QED) is 0.725. The first-order chi connectivity index (χ1) is 6.25. The van der Waals surface area contributed by atoms with E-state index >= 15 is 0 Å². The van der Waals surface area contributed by atoms with Gasteiger partial charge in [0.2, 0.25) is 0 Å². The van der Waals surface area contributed by atoms with Gasteiger partial charge in [0.1, 0.15) is 17.6 Å². The Morgan fingerprint density at radius 1 is 1.69 bits per heavy atom. The van der Waals surface area contributed by atoms with Crippen molar-refractivity contribution in [3.63, 3.8) is 0 Å². The summed E-state index contributed by atoms with van der Waals surface area (Å²) in [6.07, 6.45) is 2.49. The Balaban J connectivity index is 2.32. The van der Waals surface area contributed by atoms with E-state index in [1.807, 2.05) is 7.05 Å². The van der Waals surface area contributed by atoms with E-state index in [4.69, 9.17) is 22.1 Å².